The molecule has 2 aromatic rings. The minimum absolute atomic E-state index is 0.0281. The molecule has 6 nitrogen and oxygen atoms in total. The monoisotopic (exact) mass is 449 g/mol. The summed E-state index contributed by atoms with van der Waals surface area (Å²) in [6.45, 7) is 7.20. The maximum atomic E-state index is 12.1. The fourth-order valence-electron chi connectivity index (χ4n) is 3.39. The SMILES string of the molecule is CC.CC(C)(O)CC(=O)NC1C=CC(N)=C(C(=N)c2ccc(Oc3ccccc3)cc2)CC1. The number of hydrogen-bond acceptors (Lipinski definition) is 5. The summed E-state index contributed by atoms with van der Waals surface area (Å²) in [4.78, 5) is 12.1. The number of amides is 1. The van der Waals surface area contributed by atoms with Gasteiger partial charge >= 0.3 is 0 Å². The molecule has 0 fully saturated rings. The first-order valence-electron chi connectivity index (χ1n) is 11.3. The normalized spacial score (nSPS) is 15.7. The van der Waals surface area contributed by atoms with Crippen LogP contribution < -0.4 is 15.8 Å². The van der Waals surface area contributed by atoms with Crippen molar-refractivity contribution in [1.82, 2.24) is 5.32 Å². The summed E-state index contributed by atoms with van der Waals surface area (Å²) in [5.74, 6) is 1.23. The Labute approximate surface area is 196 Å². The molecular formula is C27H35N3O3. The molecule has 0 aliphatic heterocycles. The van der Waals surface area contributed by atoms with Crippen LogP contribution in [0.4, 0.5) is 0 Å². The Morgan fingerprint density at radius 3 is 2.33 bits per heavy atom. The topological polar surface area (TPSA) is 108 Å². The van der Waals surface area contributed by atoms with E-state index in [0.29, 0.717) is 30.0 Å². The molecule has 1 atom stereocenters. The number of ether oxygens (including phenoxy) is 1. The van der Waals surface area contributed by atoms with Crippen molar-refractivity contribution in [3.8, 4) is 11.5 Å². The second kappa shape index (κ2) is 12.0. The third-order valence-corrected chi connectivity index (χ3v) is 4.93. The number of nitrogens with one attached hydrogen (secondary N) is 2. The van der Waals surface area contributed by atoms with Crippen LogP contribution in [0.5, 0.6) is 11.5 Å². The molecule has 1 unspecified atom stereocenters. The number of rotatable bonds is 7. The molecular weight excluding hydrogens is 414 g/mol. The Morgan fingerprint density at radius 1 is 1.12 bits per heavy atom. The summed E-state index contributed by atoms with van der Waals surface area (Å²) < 4.78 is 5.81. The zero-order valence-corrected chi connectivity index (χ0v) is 19.9. The molecule has 1 aliphatic carbocycles. The molecule has 33 heavy (non-hydrogen) atoms. The van der Waals surface area contributed by atoms with E-state index in [1.807, 2.05) is 74.5 Å². The molecule has 1 aliphatic rings. The molecule has 0 heterocycles. The third kappa shape index (κ3) is 8.24. The number of aliphatic hydroxyl groups is 1. The smallest absolute Gasteiger partial charge is 0.223 e. The van der Waals surface area contributed by atoms with Gasteiger partial charge in [-0.15, -0.1) is 0 Å². The Hall–Kier alpha value is -3.38. The van der Waals surface area contributed by atoms with E-state index in [-0.39, 0.29) is 18.4 Å². The molecule has 1 amide bonds. The standard InChI is InChI=1S/C25H29N3O3.C2H6/c1-25(2,30)16-23(29)28-18-10-14-21(22(26)15-11-18)24(27)17-8-12-20(13-9-17)31-19-6-4-3-5-7-19;1-2/h3-9,11-13,15,18,27,30H,10,14,16,26H2,1-2H3,(H,28,29);1-2H3. The van der Waals surface area contributed by atoms with Crippen molar-refractivity contribution in [2.75, 3.05) is 0 Å². The van der Waals surface area contributed by atoms with Crippen molar-refractivity contribution < 1.29 is 14.6 Å². The van der Waals surface area contributed by atoms with Gasteiger partial charge in [-0.05, 0) is 69.2 Å². The molecule has 0 spiro atoms. The Balaban J connectivity index is 0.00000187. The van der Waals surface area contributed by atoms with Crippen LogP contribution in [-0.2, 0) is 4.79 Å². The molecule has 0 saturated carbocycles. The summed E-state index contributed by atoms with van der Waals surface area (Å²) in [5.41, 5.74) is 7.53. The lowest BCUT2D eigenvalue weighted by atomic mass is 9.96. The van der Waals surface area contributed by atoms with Crippen molar-refractivity contribution in [2.45, 2.75) is 58.6 Å². The van der Waals surface area contributed by atoms with Crippen molar-refractivity contribution in [3.63, 3.8) is 0 Å². The molecule has 0 bridgehead atoms. The van der Waals surface area contributed by atoms with Crippen LogP contribution >= 0.6 is 0 Å². The highest BCUT2D eigenvalue weighted by atomic mass is 16.5. The van der Waals surface area contributed by atoms with Crippen LogP contribution in [-0.4, -0.2) is 28.4 Å². The molecule has 3 rings (SSSR count). The van der Waals surface area contributed by atoms with E-state index in [2.05, 4.69) is 5.32 Å². The van der Waals surface area contributed by atoms with Gasteiger partial charge in [-0.25, -0.2) is 0 Å². The molecule has 0 aromatic heterocycles. The van der Waals surface area contributed by atoms with Crippen molar-refractivity contribution in [2.24, 2.45) is 5.73 Å². The van der Waals surface area contributed by atoms with E-state index in [1.54, 1.807) is 19.9 Å². The Bertz CT molecular complexity index is 988. The summed E-state index contributed by atoms with van der Waals surface area (Å²) in [6, 6.07) is 16.7. The predicted molar refractivity (Wildman–Crippen MR) is 134 cm³/mol. The maximum Gasteiger partial charge on any atom is 0.223 e. The molecule has 0 radical (unpaired) electrons. The highest BCUT2D eigenvalue weighted by Gasteiger charge is 2.22. The largest absolute Gasteiger partial charge is 0.457 e. The highest BCUT2D eigenvalue weighted by Crippen LogP contribution is 2.25. The number of carbonyl (C=O) groups is 1. The van der Waals surface area contributed by atoms with Crippen LogP contribution in [0, 0.1) is 5.41 Å². The zero-order valence-electron chi connectivity index (χ0n) is 19.9. The van der Waals surface area contributed by atoms with E-state index >= 15 is 0 Å². The summed E-state index contributed by atoms with van der Waals surface area (Å²) >= 11 is 0. The maximum absolute atomic E-state index is 12.1. The molecule has 0 saturated heterocycles. The lowest BCUT2D eigenvalue weighted by Crippen LogP contribution is -2.37. The number of carbonyl (C=O) groups excluding carboxylic acids is 1. The quantitative estimate of drug-likeness (QED) is 0.442. The fourth-order valence-corrected chi connectivity index (χ4v) is 3.39. The average molecular weight is 450 g/mol. The van der Waals surface area contributed by atoms with Crippen LogP contribution in [0.2, 0.25) is 0 Å². The lowest BCUT2D eigenvalue weighted by molar-refractivity contribution is -0.125. The van der Waals surface area contributed by atoms with Gasteiger partial charge in [-0.3, -0.25) is 10.2 Å². The average Bonchev–Trinajstić information content (AvgIpc) is 2.96. The minimum atomic E-state index is -1.06. The van der Waals surface area contributed by atoms with E-state index < -0.39 is 5.60 Å². The van der Waals surface area contributed by atoms with Gasteiger partial charge in [0.25, 0.3) is 0 Å². The highest BCUT2D eigenvalue weighted by molar-refractivity contribution is 6.11. The van der Waals surface area contributed by atoms with E-state index in [9.17, 15) is 9.90 Å². The lowest BCUT2D eigenvalue weighted by Gasteiger charge is -2.19. The van der Waals surface area contributed by atoms with Gasteiger partial charge in [-0.2, -0.15) is 0 Å². The van der Waals surface area contributed by atoms with Crippen LogP contribution in [0.25, 0.3) is 0 Å². The van der Waals surface area contributed by atoms with Gasteiger partial charge in [0, 0.05) is 22.9 Å². The van der Waals surface area contributed by atoms with E-state index in [0.717, 1.165) is 16.9 Å². The van der Waals surface area contributed by atoms with Gasteiger partial charge in [0.2, 0.25) is 5.91 Å². The summed E-state index contributed by atoms with van der Waals surface area (Å²) in [6.07, 6.45) is 4.81. The first-order chi connectivity index (χ1) is 15.7. The number of para-hydroxylation sites is 1. The van der Waals surface area contributed by atoms with E-state index in [4.69, 9.17) is 15.9 Å². The Kier molecular flexibility index (Phi) is 9.43. The van der Waals surface area contributed by atoms with Gasteiger partial charge in [0.15, 0.2) is 0 Å². The molecule has 2 aromatic carbocycles. The van der Waals surface area contributed by atoms with Crippen molar-refractivity contribution >= 4 is 11.6 Å². The van der Waals surface area contributed by atoms with Crippen molar-refractivity contribution in [3.05, 3.63) is 83.6 Å². The van der Waals surface area contributed by atoms with Gasteiger partial charge < -0.3 is 20.9 Å². The molecule has 5 N–H and O–H groups in total. The fraction of sp³-hybridized carbons (Fsp3) is 0.333. The zero-order chi connectivity index (χ0) is 24.4. The van der Waals surface area contributed by atoms with Gasteiger partial charge in [0.1, 0.15) is 11.5 Å². The van der Waals surface area contributed by atoms with Gasteiger partial charge in [0.05, 0.1) is 17.7 Å². The third-order valence-electron chi connectivity index (χ3n) is 4.93. The molecule has 176 valence electrons. The van der Waals surface area contributed by atoms with E-state index in [1.165, 1.54) is 0 Å². The first kappa shape index (κ1) is 25.9. The number of hydrogen-bond donors (Lipinski definition) is 4. The van der Waals surface area contributed by atoms with Crippen LogP contribution in [0.15, 0.2) is 78.0 Å². The van der Waals surface area contributed by atoms with Crippen molar-refractivity contribution in [1.29, 1.82) is 5.41 Å². The second-order valence-corrected chi connectivity index (χ2v) is 8.31. The summed E-state index contributed by atoms with van der Waals surface area (Å²) in [7, 11) is 0. The number of nitrogens with two attached hydrogens (primary N) is 1. The predicted octanol–water partition coefficient (Wildman–Crippen LogP) is 5.08. The van der Waals surface area contributed by atoms with Crippen LogP contribution in [0.1, 0.15) is 52.5 Å². The Morgan fingerprint density at radius 2 is 1.73 bits per heavy atom. The first-order valence-corrected chi connectivity index (χ1v) is 11.3. The van der Waals surface area contributed by atoms with Crippen LogP contribution in [0.3, 0.4) is 0 Å². The second-order valence-electron chi connectivity index (χ2n) is 8.31. The molecule has 6 heteroatoms. The number of allylic oxidation sites excluding steroid dienone is 2. The minimum Gasteiger partial charge on any atom is -0.457 e. The number of benzene rings is 2. The summed E-state index contributed by atoms with van der Waals surface area (Å²) in [5, 5.41) is 21.4. The van der Waals surface area contributed by atoms with Gasteiger partial charge in [-0.1, -0.05) is 38.1 Å².